The molecule has 3 rings (SSSR count). The topological polar surface area (TPSA) is 89.9 Å². The summed E-state index contributed by atoms with van der Waals surface area (Å²) in [7, 11) is 0. The largest absolute Gasteiger partial charge is 0.417 e. The lowest BCUT2D eigenvalue weighted by Gasteiger charge is -2.16. The van der Waals surface area contributed by atoms with Crippen molar-refractivity contribution in [3.05, 3.63) is 41.2 Å². The molecule has 168 valence electrons. The molecule has 0 bridgehead atoms. The normalized spacial score (nSPS) is 14.0. The maximum Gasteiger partial charge on any atom is 0.417 e. The molecule has 2 aromatic heterocycles. The maximum absolute atomic E-state index is 13.9. The number of hydrogen-bond donors (Lipinski definition) is 2. The van der Waals surface area contributed by atoms with Crippen molar-refractivity contribution in [2.45, 2.75) is 57.8 Å². The summed E-state index contributed by atoms with van der Waals surface area (Å²) in [6.07, 6.45) is 2.82. The molecule has 3 N–H and O–H groups in total. The summed E-state index contributed by atoms with van der Waals surface area (Å²) in [4.78, 5) is 0. The van der Waals surface area contributed by atoms with Crippen LogP contribution in [0.4, 0.5) is 13.2 Å². The Morgan fingerprint density at radius 2 is 1.90 bits per heavy atom. The van der Waals surface area contributed by atoms with E-state index in [1.807, 2.05) is 0 Å². The zero-order valence-corrected chi connectivity index (χ0v) is 18.3. The monoisotopic (exact) mass is 453 g/mol. The molecule has 2 heterocycles. The number of aliphatic hydroxyl groups excluding tert-OH is 1. The van der Waals surface area contributed by atoms with Gasteiger partial charge in [-0.25, -0.2) is 0 Å². The Morgan fingerprint density at radius 3 is 2.58 bits per heavy atom. The van der Waals surface area contributed by atoms with Crippen LogP contribution in [0.25, 0.3) is 21.7 Å². The zero-order chi connectivity index (χ0) is 22.6. The highest BCUT2D eigenvalue weighted by Gasteiger charge is 2.35. The summed E-state index contributed by atoms with van der Waals surface area (Å²) in [5.74, 6) is 0. The van der Waals surface area contributed by atoms with Crippen LogP contribution < -0.4 is 5.73 Å². The predicted octanol–water partition coefficient (Wildman–Crippen LogP) is 4.83. The van der Waals surface area contributed by atoms with E-state index in [0.29, 0.717) is 27.7 Å². The van der Waals surface area contributed by atoms with E-state index in [4.69, 9.17) is 5.73 Å². The lowest BCUT2D eigenvalue weighted by atomic mass is 9.99. The molecule has 0 radical (unpaired) electrons. The Hall–Kier alpha value is -2.30. The highest BCUT2D eigenvalue weighted by molar-refractivity contribution is 7.14. The quantitative estimate of drug-likeness (QED) is 0.453. The van der Waals surface area contributed by atoms with Crippen LogP contribution in [0, 0.1) is 0 Å². The van der Waals surface area contributed by atoms with Gasteiger partial charge in [-0.3, -0.25) is 4.68 Å². The van der Waals surface area contributed by atoms with Gasteiger partial charge in [0, 0.05) is 23.9 Å². The van der Waals surface area contributed by atoms with Crippen molar-refractivity contribution in [3.63, 3.8) is 0 Å². The zero-order valence-electron chi connectivity index (χ0n) is 17.5. The van der Waals surface area contributed by atoms with Gasteiger partial charge in [0.1, 0.15) is 10.0 Å². The van der Waals surface area contributed by atoms with Crippen molar-refractivity contribution in [3.8, 4) is 21.7 Å². The number of benzene rings is 1. The Kier molecular flexibility index (Phi) is 7.13. The third-order valence-corrected chi connectivity index (χ3v) is 6.25. The second kappa shape index (κ2) is 9.46. The van der Waals surface area contributed by atoms with Crippen LogP contribution in [0.2, 0.25) is 0 Å². The third-order valence-electron chi connectivity index (χ3n) is 5.00. The average molecular weight is 454 g/mol. The molecule has 0 aliphatic heterocycles. The number of aliphatic hydroxyl groups is 1. The van der Waals surface area contributed by atoms with E-state index in [-0.39, 0.29) is 12.2 Å². The molecule has 31 heavy (non-hydrogen) atoms. The van der Waals surface area contributed by atoms with E-state index in [2.05, 4.69) is 22.2 Å². The van der Waals surface area contributed by atoms with Crippen LogP contribution in [0.3, 0.4) is 0 Å². The van der Waals surface area contributed by atoms with Crippen molar-refractivity contribution in [1.29, 1.82) is 0 Å². The first-order valence-electron chi connectivity index (χ1n) is 10.1. The maximum atomic E-state index is 13.9. The Balaban J connectivity index is 1.91. The minimum atomic E-state index is -4.55. The molecule has 0 fully saturated rings. The van der Waals surface area contributed by atoms with Gasteiger partial charge >= 0.3 is 6.18 Å². The Labute approximate surface area is 182 Å². The highest BCUT2D eigenvalue weighted by atomic mass is 32.1. The van der Waals surface area contributed by atoms with Gasteiger partial charge in [0.05, 0.1) is 23.9 Å². The molecule has 6 nitrogen and oxygen atoms in total. The molecule has 0 aliphatic rings. The molecule has 0 aliphatic carbocycles. The first kappa shape index (κ1) is 23.4. The first-order chi connectivity index (χ1) is 14.7. The average Bonchev–Trinajstić information content (AvgIpc) is 3.40. The van der Waals surface area contributed by atoms with Crippen LogP contribution >= 0.6 is 11.3 Å². The van der Waals surface area contributed by atoms with Crippen LogP contribution in [0.15, 0.2) is 30.6 Å². The SMILES string of the molecule is CCCCCCn1cc(-c2ccc(-c3nnc([C@@](C)(N)CO)s3)cc2C(F)(F)F)cn1. The predicted molar refractivity (Wildman–Crippen MR) is 114 cm³/mol. The summed E-state index contributed by atoms with van der Waals surface area (Å²) in [6.45, 7) is 4.03. The first-order valence-corrected chi connectivity index (χ1v) is 11.0. The van der Waals surface area contributed by atoms with E-state index >= 15 is 0 Å². The second-order valence-electron chi connectivity index (χ2n) is 7.80. The van der Waals surface area contributed by atoms with Gasteiger partial charge in [0.25, 0.3) is 0 Å². The van der Waals surface area contributed by atoms with Gasteiger partial charge in [-0.05, 0) is 25.0 Å². The fraction of sp³-hybridized carbons (Fsp3) is 0.476. The van der Waals surface area contributed by atoms with E-state index in [1.54, 1.807) is 23.9 Å². The van der Waals surface area contributed by atoms with Gasteiger partial charge in [0.2, 0.25) is 0 Å². The van der Waals surface area contributed by atoms with Crippen LogP contribution in [-0.4, -0.2) is 31.7 Å². The summed E-state index contributed by atoms with van der Waals surface area (Å²) in [6, 6.07) is 4.09. The third kappa shape index (κ3) is 5.50. The summed E-state index contributed by atoms with van der Waals surface area (Å²) in [5, 5.41) is 22.2. The summed E-state index contributed by atoms with van der Waals surface area (Å²) in [5.41, 5.74) is 4.87. The molecule has 0 spiro atoms. The fourth-order valence-corrected chi connectivity index (χ4v) is 4.02. The number of halogens is 3. The molecule has 10 heteroatoms. The number of aromatic nitrogens is 4. The minimum absolute atomic E-state index is 0.0693. The van der Waals surface area contributed by atoms with Crippen LogP contribution in [0.1, 0.15) is 50.1 Å². The number of aryl methyl sites for hydroxylation is 1. The lowest BCUT2D eigenvalue weighted by Crippen LogP contribution is -2.36. The molecule has 0 saturated carbocycles. The number of alkyl halides is 3. The van der Waals surface area contributed by atoms with Gasteiger partial charge in [-0.1, -0.05) is 49.7 Å². The molecule has 1 atom stereocenters. The van der Waals surface area contributed by atoms with Crippen LogP contribution in [-0.2, 0) is 18.3 Å². The highest BCUT2D eigenvalue weighted by Crippen LogP contribution is 2.40. The standard InChI is InChI=1S/C21H26F3N5OS/c1-3-4-5-6-9-29-12-15(11-26-29)16-8-7-14(10-17(16)21(22,23)24)18-27-28-19(31-18)20(2,25)13-30/h7-8,10-12,30H,3-6,9,13,25H2,1-2H3/t20-/m0/s1. The van der Waals surface area contributed by atoms with Crippen molar-refractivity contribution >= 4 is 11.3 Å². The van der Waals surface area contributed by atoms with E-state index in [9.17, 15) is 18.3 Å². The van der Waals surface area contributed by atoms with Crippen molar-refractivity contribution in [2.75, 3.05) is 6.61 Å². The van der Waals surface area contributed by atoms with Gasteiger partial charge < -0.3 is 10.8 Å². The van der Waals surface area contributed by atoms with Crippen molar-refractivity contribution in [1.82, 2.24) is 20.0 Å². The number of nitrogens with zero attached hydrogens (tertiary/aromatic N) is 4. The van der Waals surface area contributed by atoms with Crippen LogP contribution in [0.5, 0.6) is 0 Å². The summed E-state index contributed by atoms with van der Waals surface area (Å²) < 4.78 is 43.3. The van der Waals surface area contributed by atoms with Crippen molar-refractivity contribution in [2.24, 2.45) is 5.73 Å². The number of rotatable bonds is 9. The van der Waals surface area contributed by atoms with E-state index in [1.165, 1.54) is 12.3 Å². The van der Waals surface area contributed by atoms with Gasteiger partial charge in [-0.15, -0.1) is 10.2 Å². The molecule has 3 aromatic rings. The molecule has 0 unspecified atom stereocenters. The minimum Gasteiger partial charge on any atom is -0.394 e. The molecule has 1 aromatic carbocycles. The van der Waals surface area contributed by atoms with Crippen molar-refractivity contribution < 1.29 is 18.3 Å². The number of hydrogen-bond acceptors (Lipinski definition) is 6. The van der Waals surface area contributed by atoms with E-state index in [0.717, 1.165) is 43.1 Å². The second-order valence-corrected chi connectivity index (χ2v) is 8.78. The lowest BCUT2D eigenvalue weighted by molar-refractivity contribution is -0.137. The molecular formula is C21H26F3N5OS. The Bertz CT molecular complexity index is 1010. The number of unbranched alkanes of at least 4 members (excludes halogenated alkanes) is 3. The Morgan fingerprint density at radius 1 is 1.13 bits per heavy atom. The van der Waals surface area contributed by atoms with E-state index < -0.39 is 17.3 Å². The molecule has 0 amide bonds. The smallest absolute Gasteiger partial charge is 0.394 e. The van der Waals surface area contributed by atoms with Gasteiger partial charge in [0.15, 0.2) is 0 Å². The molecule has 0 saturated heterocycles. The number of nitrogens with two attached hydrogens (primary N) is 1. The molecular weight excluding hydrogens is 427 g/mol. The van der Waals surface area contributed by atoms with Gasteiger partial charge in [-0.2, -0.15) is 18.3 Å². The fourth-order valence-electron chi connectivity index (χ4n) is 3.13. The summed E-state index contributed by atoms with van der Waals surface area (Å²) >= 11 is 1.06.